The summed E-state index contributed by atoms with van der Waals surface area (Å²) in [5.74, 6) is 0.00475. The maximum Gasteiger partial charge on any atom is 0.239 e. The molecule has 7 heteroatoms. The molecule has 0 aliphatic carbocycles. The van der Waals surface area contributed by atoms with Gasteiger partial charge in [0.25, 0.3) is 0 Å². The lowest BCUT2D eigenvalue weighted by molar-refractivity contribution is -0.132. The number of anilines is 1. The SMILES string of the molecule is CC[C@H](C)N(CC(=O)N1CCCC1C#N)Nc1ncc(C)s1. The van der Waals surface area contributed by atoms with Gasteiger partial charge < -0.3 is 4.90 Å². The smallest absolute Gasteiger partial charge is 0.239 e. The van der Waals surface area contributed by atoms with Crippen molar-refractivity contribution >= 4 is 22.4 Å². The zero-order valence-corrected chi connectivity index (χ0v) is 14.2. The van der Waals surface area contributed by atoms with E-state index in [-0.39, 0.29) is 24.5 Å². The number of carbonyl (C=O) groups excluding carboxylic acids is 1. The van der Waals surface area contributed by atoms with Crippen molar-refractivity contribution in [3.8, 4) is 6.07 Å². The molecule has 2 rings (SSSR count). The third-order valence-corrected chi connectivity index (χ3v) is 4.83. The van der Waals surface area contributed by atoms with Gasteiger partial charge in [0.2, 0.25) is 5.91 Å². The summed E-state index contributed by atoms with van der Waals surface area (Å²) in [6.45, 7) is 7.11. The summed E-state index contributed by atoms with van der Waals surface area (Å²) in [6, 6.07) is 2.16. The first kappa shape index (κ1) is 16.7. The van der Waals surface area contributed by atoms with Crippen molar-refractivity contribution in [1.29, 1.82) is 5.26 Å². The van der Waals surface area contributed by atoms with Crippen molar-refractivity contribution in [3.05, 3.63) is 11.1 Å². The number of hydrogen-bond acceptors (Lipinski definition) is 6. The molecule has 0 spiro atoms. The van der Waals surface area contributed by atoms with Crippen LogP contribution >= 0.6 is 11.3 Å². The van der Waals surface area contributed by atoms with Crippen LogP contribution in [-0.2, 0) is 4.79 Å². The van der Waals surface area contributed by atoms with E-state index >= 15 is 0 Å². The summed E-state index contributed by atoms with van der Waals surface area (Å²) in [4.78, 5) is 19.6. The minimum atomic E-state index is -0.270. The molecule has 0 aromatic carbocycles. The molecule has 22 heavy (non-hydrogen) atoms. The van der Waals surface area contributed by atoms with Crippen molar-refractivity contribution < 1.29 is 4.79 Å². The van der Waals surface area contributed by atoms with Gasteiger partial charge in [0.15, 0.2) is 5.13 Å². The molecule has 1 aliphatic rings. The van der Waals surface area contributed by atoms with E-state index in [9.17, 15) is 4.79 Å². The normalized spacial score (nSPS) is 19.2. The number of hydrogen-bond donors (Lipinski definition) is 1. The zero-order chi connectivity index (χ0) is 16.1. The van der Waals surface area contributed by atoms with Crippen LogP contribution in [0.15, 0.2) is 6.20 Å². The number of amides is 1. The molecule has 2 atom stereocenters. The number of nitriles is 1. The summed E-state index contributed by atoms with van der Waals surface area (Å²) in [6.07, 6.45) is 4.43. The summed E-state index contributed by atoms with van der Waals surface area (Å²) in [7, 11) is 0. The fraction of sp³-hybridized carbons (Fsp3) is 0.667. The van der Waals surface area contributed by atoms with Gasteiger partial charge in [0.05, 0.1) is 12.6 Å². The number of carbonyl (C=O) groups is 1. The number of thiazole rings is 1. The van der Waals surface area contributed by atoms with Gasteiger partial charge in [0.1, 0.15) is 6.04 Å². The molecule has 0 radical (unpaired) electrons. The Morgan fingerprint density at radius 1 is 1.73 bits per heavy atom. The van der Waals surface area contributed by atoms with Crippen LogP contribution in [-0.4, -0.2) is 46.0 Å². The predicted molar refractivity (Wildman–Crippen MR) is 87.3 cm³/mol. The minimum Gasteiger partial charge on any atom is -0.325 e. The quantitative estimate of drug-likeness (QED) is 0.815. The Labute approximate surface area is 135 Å². The minimum absolute atomic E-state index is 0.00475. The van der Waals surface area contributed by atoms with Gasteiger partial charge in [-0.1, -0.05) is 6.92 Å². The van der Waals surface area contributed by atoms with Crippen LogP contribution in [0.5, 0.6) is 0 Å². The average Bonchev–Trinajstić information content (AvgIpc) is 3.14. The van der Waals surface area contributed by atoms with E-state index in [2.05, 4.69) is 30.3 Å². The monoisotopic (exact) mass is 321 g/mol. The maximum atomic E-state index is 12.5. The van der Waals surface area contributed by atoms with Crippen molar-refractivity contribution in [1.82, 2.24) is 14.9 Å². The lowest BCUT2D eigenvalue weighted by Gasteiger charge is -2.30. The van der Waals surface area contributed by atoms with Crippen LogP contribution in [0, 0.1) is 18.3 Å². The van der Waals surface area contributed by atoms with Crippen molar-refractivity contribution in [2.45, 2.75) is 52.1 Å². The molecule has 2 heterocycles. The van der Waals surface area contributed by atoms with Gasteiger partial charge in [-0.3, -0.25) is 10.2 Å². The maximum absolute atomic E-state index is 12.5. The van der Waals surface area contributed by atoms with E-state index in [0.29, 0.717) is 6.54 Å². The number of nitrogens with zero attached hydrogens (tertiary/aromatic N) is 4. The lowest BCUT2D eigenvalue weighted by Crippen LogP contribution is -2.47. The number of hydrazine groups is 1. The second-order valence-corrected chi connectivity index (χ2v) is 6.88. The van der Waals surface area contributed by atoms with E-state index in [1.807, 2.05) is 18.1 Å². The van der Waals surface area contributed by atoms with E-state index in [1.165, 1.54) is 0 Å². The Kier molecular flexibility index (Phi) is 5.75. The lowest BCUT2D eigenvalue weighted by atomic mass is 10.2. The summed E-state index contributed by atoms with van der Waals surface area (Å²) >= 11 is 1.57. The fourth-order valence-corrected chi connectivity index (χ4v) is 3.17. The largest absolute Gasteiger partial charge is 0.325 e. The number of rotatable bonds is 6. The zero-order valence-electron chi connectivity index (χ0n) is 13.4. The highest BCUT2D eigenvalue weighted by Crippen LogP contribution is 2.20. The number of aromatic nitrogens is 1. The Morgan fingerprint density at radius 2 is 2.50 bits per heavy atom. The molecule has 1 fully saturated rings. The van der Waals surface area contributed by atoms with Crippen LogP contribution in [0.4, 0.5) is 5.13 Å². The summed E-state index contributed by atoms with van der Waals surface area (Å²) < 4.78 is 0. The topological polar surface area (TPSA) is 72.3 Å². The van der Waals surface area contributed by atoms with Crippen LogP contribution in [0.2, 0.25) is 0 Å². The Bertz CT molecular complexity index is 552. The molecule has 1 aromatic heterocycles. The summed E-state index contributed by atoms with van der Waals surface area (Å²) in [5.41, 5.74) is 3.25. The van der Waals surface area contributed by atoms with Gasteiger partial charge in [0, 0.05) is 23.7 Å². The molecule has 120 valence electrons. The third-order valence-electron chi connectivity index (χ3n) is 4.01. The highest BCUT2D eigenvalue weighted by molar-refractivity contribution is 7.15. The molecular weight excluding hydrogens is 298 g/mol. The first-order chi connectivity index (χ1) is 10.5. The first-order valence-electron chi connectivity index (χ1n) is 7.70. The molecule has 1 aromatic rings. The Balaban J connectivity index is 2.03. The first-order valence-corrected chi connectivity index (χ1v) is 8.51. The van der Waals surface area contributed by atoms with Crippen LogP contribution in [0.25, 0.3) is 0 Å². The number of nitrogens with one attached hydrogen (secondary N) is 1. The van der Waals surface area contributed by atoms with Crippen LogP contribution in [0.1, 0.15) is 38.0 Å². The molecule has 1 saturated heterocycles. The third kappa shape index (κ3) is 3.96. The van der Waals surface area contributed by atoms with Gasteiger partial charge >= 0.3 is 0 Å². The molecule has 6 nitrogen and oxygen atoms in total. The fourth-order valence-electron chi connectivity index (χ4n) is 2.49. The average molecular weight is 321 g/mol. The van der Waals surface area contributed by atoms with Crippen LogP contribution < -0.4 is 5.43 Å². The van der Waals surface area contributed by atoms with Crippen molar-refractivity contribution in [2.75, 3.05) is 18.5 Å². The van der Waals surface area contributed by atoms with Gasteiger partial charge in [-0.25, -0.2) is 9.99 Å². The Hall–Kier alpha value is -1.65. The van der Waals surface area contributed by atoms with Gasteiger partial charge in [-0.15, -0.1) is 11.3 Å². The van der Waals surface area contributed by atoms with Crippen molar-refractivity contribution in [2.24, 2.45) is 0 Å². The summed E-state index contributed by atoms with van der Waals surface area (Å²) in [5, 5.41) is 11.9. The van der Waals surface area contributed by atoms with E-state index in [4.69, 9.17) is 5.26 Å². The van der Waals surface area contributed by atoms with E-state index in [1.54, 1.807) is 16.2 Å². The molecule has 1 unspecified atom stereocenters. The molecule has 1 aliphatic heterocycles. The van der Waals surface area contributed by atoms with Crippen molar-refractivity contribution in [3.63, 3.8) is 0 Å². The highest BCUT2D eigenvalue weighted by atomic mass is 32.1. The standard InChI is InChI=1S/C15H23N5OS/c1-4-11(2)20(18-15-17-9-12(3)22-15)10-14(21)19-7-5-6-13(19)8-16/h9,11,13H,4-7,10H2,1-3H3,(H,17,18)/t11-,13?/m0/s1. The second-order valence-electron chi connectivity index (χ2n) is 5.65. The molecule has 1 amide bonds. The van der Waals surface area contributed by atoms with Crippen LogP contribution in [0.3, 0.4) is 0 Å². The second kappa shape index (κ2) is 7.56. The number of likely N-dealkylation sites (tertiary alicyclic amines) is 1. The predicted octanol–water partition coefficient (Wildman–Crippen LogP) is 2.39. The molecule has 0 saturated carbocycles. The number of aryl methyl sites for hydroxylation is 1. The van der Waals surface area contributed by atoms with E-state index < -0.39 is 0 Å². The molecular formula is C15H23N5OS. The van der Waals surface area contributed by atoms with E-state index in [0.717, 1.165) is 29.3 Å². The molecule has 0 bridgehead atoms. The molecule has 1 N–H and O–H groups in total. The highest BCUT2D eigenvalue weighted by Gasteiger charge is 2.30. The Morgan fingerprint density at radius 3 is 3.09 bits per heavy atom. The van der Waals surface area contributed by atoms with Gasteiger partial charge in [-0.05, 0) is 33.1 Å². The van der Waals surface area contributed by atoms with Gasteiger partial charge in [-0.2, -0.15) is 5.26 Å².